The third-order valence-electron chi connectivity index (χ3n) is 1.67. The fraction of sp³-hybridized carbons (Fsp3) is 0.455. The highest BCUT2D eigenvalue weighted by molar-refractivity contribution is 9.08. The third kappa shape index (κ3) is 3.66. The first-order chi connectivity index (χ1) is 6.61. The van der Waals surface area contributed by atoms with Gasteiger partial charge in [0.05, 0.1) is 6.61 Å². The maximum atomic E-state index is 13.0. The number of alkyl halides is 1. The first-order valence-corrected chi connectivity index (χ1v) is 5.72. The molecule has 3 heteroatoms. The molecule has 0 aliphatic heterocycles. The molecule has 0 N–H and O–H groups in total. The summed E-state index contributed by atoms with van der Waals surface area (Å²) in [5.74, 6) is 0.805. The highest BCUT2D eigenvalue weighted by Crippen LogP contribution is 2.18. The molecule has 0 radical (unpaired) electrons. The van der Waals surface area contributed by atoms with Crippen molar-refractivity contribution in [3.8, 4) is 5.75 Å². The monoisotopic (exact) mass is 260 g/mol. The first-order valence-electron chi connectivity index (χ1n) is 4.60. The maximum absolute atomic E-state index is 13.0. The van der Waals surface area contributed by atoms with Crippen molar-refractivity contribution >= 4 is 15.9 Å². The lowest BCUT2D eigenvalue weighted by Gasteiger charge is -2.09. The average molecular weight is 261 g/mol. The number of ether oxygens (including phenoxy) is 1. The summed E-state index contributed by atoms with van der Waals surface area (Å²) < 4.78 is 18.5. The molecule has 0 amide bonds. The van der Waals surface area contributed by atoms with E-state index in [0.29, 0.717) is 23.6 Å². The smallest absolute Gasteiger partial charge is 0.127 e. The zero-order valence-corrected chi connectivity index (χ0v) is 9.97. The molecule has 0 unspecified atom stereocenters. The van der Waals surface area contributed by atoms with Crippen LogP contribution in [0, 0.1) is 11.7 Å². The second-order valence-corrected chi connectivity index (χ2v) is 4.19. The van der Waals surface area contributed by atoms with E-state index in [2.05, 4.69) is 29.8 Å². The second-order valence-electron chi connectivity index (χ2n) is 3.63. The Balaban J connectivity index is 2.71. The van der Waals surface area contributed by atoms with Crippen molar-refractivity contribution in [3.63, 3.8) is 0 Å². The Labute approximate surface area is 92.4 Å². The lowest BCUT2D eigenvalue weighted by Crippen LogP contribution is -2.04. The Morgan fingerprint density at radius 2 is 2.07 bits per heavy atom. The second kappa shape index (κ2) is 5.35. The molecule has 0 atom stereocenters. The zero-order valence-electron chi connectivity index (χ0n) is 8.39. The van der Waals surface area contributed by atoms with Crippen molar-refractivity contribution in [1.29, 1.82) is 0 Å². The van der Waals surface area contributed by atoms with E-state index < -0.39 is 0 Å². The topological polar surface area (TPSA) is 9.23 Å². The van der Waals surface area contributed by atoms with Gasteiger partial charge in [0.25, 0.3) is 0 Å². The van der Waals surface area contributed by atoms with E-state index in [1.54, 1.807) is 0 Å². The van der Waals surface area contributed by atoms with Crippen molar-refractivity contribution in [2.24, 2.45) is 5.92 Å². The van der Waals surface area contributed by atoms with Gasteiger partial charge in [-0.15, -0.1) is 0 Å². The van der Waals surface area contributed by atoms with E-state index in [0.717, 1.165) is 5.56 Å². The molecule has 0 heterocycles. The predicted octanol–water partition coefficient (Wildman–Crippen LogP) is 3.76. The van der Waals surface area contributed by atoms with E-state index in [-0.39, 0.29) is 5.82 Å². The minimum Gasteiger partial charge on any atom is -0.493 e. The van der Waals surface area contributed by atoms with Crippen LogP contribution in [0.4, 0.5) is 4.39 Å². The van der Waals surface area contributed by atoms with Gasteiger partial charge in [-0.1, -0.05) is 29.8 Å². The van der Waals surface area contributed by atoms with Gasteiger partial charge in [0.15, 0.2) is 0 Å². The quantitative estimate of drug-likeness (QED) is 0.750. The van der Waals surface area contributed by atoms with Crippen LogP contribution in [0.15, 0.2) is 18.2 Å². The summed E-state index contributed by atoms with van der Waals surface area (Å²) in [6.45, 7) is 4.74. The molecule has 0 spiro atoms. The van der Waals surface area contributed by atoms with Crippen molar-refractivity contribution in [3.05, 3.63) is 29.6 Å². The summed E-state index contributed by atoms with van der Waals surface area (Å²) in [5.41, 5.74) is 0.892. The highest BCUT2D eigenvalue weighted by Gasteiger charge is 2.02. The fourth-order valence-electron chi connectivity index (χ4n) is 1.04. The van der Waals surface area contributed by atoms with Crippen molar-refractivity contribution < 1.29 is 9.13 Å². The van der Waals surface area contributed by atoms with Crippen LogP contribution in [-0.4, -0.2) is 6.61 Å². The molecule has 1 rings (SSSR count). The van der Waals surface area contributed by atoms with Gasteiger partial charge < -0.3 is 4.74 Å². The molecule has 1 nitrogen and oxygen atoms in total. The Morgan fingerprint density at radius 3 is 2.64 bits per heavy atom. The maximum Gasteiger partial charge on any atom is 0.127 e. The predicted molar refractivity (Wildman–Crippen MR) is 59.4 cm³/mol. The van der Waals surface area contributed by atoms with Crippen LogP contribution in [0.3, 0.4) is 0 Å². The molecule has 1 aromatic rings. The standard InChI is InChI=1S/C11H14BrFO/c1-8(2)7-14-11-4-9(6-12)3-10(13)5-11/h3-5,8H,6-7H2,1-2H3. The van der Waals surface area contributed by atoms with E-state index in [1.165, 1.54) is 12.1 Å². The summed E-state index contributed by atoms with van der Waals surface area (Å²) in [6.07, 6.45) is 0. The van der Waals surface area contributed by atoms with Gasteiger partial charge in [0, 0.05) is 11.4 Å². The number of rotatable bonds is 4. The van der Waals surface area contributed by atoms with E-state index >= 15 is 0 Å². The Hall–Kier alpha value is -0.570. The van der Waals surface area contributed by atoms with Crippen LogP contribution in [0.1, 0.15) is 19.4 Å². The lowest BCUT2D eigenvalue weighted by atomic mass is 10.2. The zero-order chi connectivity index (χ0) is 10.6. The summed E-state index contributed by atoms with van der Waals surface area (Å²) in [4.78, 5) is 0. The summed E-state index contributed by atoms with van der Waals surface area (Å²) in [6, 6.07) is 4.76. The molecule has 0 fully saturated rings. The van der Waals surface area contributed by atoms with Gasteiger partial charge in [-0.3, -0.25) is 0 Å². The average Bonchev–Trinajstić information content (AvgIpc) is 2.14. The van der Waals surface area contributed by atoms with Crippen molar-refractivity contribution in [2.45, 2.75) is 19.2 Å². The number of hydrogen-bond acceptors (Lipinski definition) is 1. The lowest BCUT2D eigenvalue weighted by molar-refractivity contribution is 0.270. The summed E-state index contributed by atoms with van der Waals surface area (Å²) >= 11 is 3.28. The largest absolute Gasteiger partial charge is 0.493 e. The Morgan fingerprint density at radius 1 is 1.36 bits per heavy atom. The van der Waals surface area contributed by atoms with Gasteiger partial charge in [-0.25, -0.2) is 4.39 Å². The minimum absolute atomic E-state index is 0.249. The van der Waals surface area contributed by atoms with Gasteiger partial charge in [0.2, 0.25) is 0 Å². The number of hydrogen-bond donors (Lipinski definition) is 0. The molecule has 0 bridgehead atoms. The normalized spacial score (nSPS) is 10.6. The minimum atomic E-state index is -0.249. The fourth-order valence-corrected chi connectivity index (χ4v) is 1.37. The molecule has 0 aromatic heterocycles. The summed E-state index contributed by atoms with van der Waals surface area (Å²) in [7, 11) is 0. The molecule has 0 aliphatic rings. The van der Waals surface area contributed by atoms with E-state index in [4.69, 9.17) is 4.74 Å². The van der Waals surface area contributed by atoms with E-state index in [9.17, 15) is 4.39 Å². The molecular weight excluding hydrogens is 247 g/mol. The molecule has 0 saturated carbocycles. The van der Waals surface area contributed by atoms with Gasteiger partial charge in [0.1, 0.15) is 11.6 Å². The highest BCUT2D eigenvalue weighted by atomic mass is 79.9. The van der Waals surface area contributed by atoms with E-state index in [1.807, 2.05) is 6.07 Å². The molecule has 14 heavy (non-hydrogen) atoms. The third-order valence-corrected chi connectivity index (χ3v) is 2.32. The molecule has 1 aromatic carbocycles. The van der Waals surface area contributed by atoms with Gasteiger partial charge in [-0.05, 0) is 23.6 Å². The Kier molecular flexibility index (Phi) is 4.39. The molecule has 78 valence electrons. The van der Waals surface area contributed by atoms with Crippen LogP contribution < -0.4 is 4.74 Å². The van der Waals surface area contributed by atoms with Crippen LogP contribution in [-0.2, 0) is 5.33 Å². The van der Waals surface area contributed by atoms with Crippen LogP contribution in [0.5, 0.6) is 5.75 Å². The van der Waals surface area contributed by atoms with Crippen LogP contribution >= 0.6 is 15.9 Å². The summed E-state index contributed by atoms with van der Waals surface area (Å²) in [5, 5.41) is 0.642. The molecule has 0 aliphatic carbocycles. The van der Waals surface area contributed by atoms with Crippen LogP contribution in [0.25, 0.3) is 0 Å². The first kappa shape index (κ1) is 11.5. The van der Waals surface area contributed by atoms with Crippen molar-refractivity contribution in [2.75, 3.05) is 6.61 Å². The number of halogens is 2. The van der Waals surface area contributed by atoms with Crippen LogP contribution in [0.2, 0.25) is 0 Å². The number of benzene rings is 1. The van der Waals surface area contributed by atoms with Gasteiger partial charge in [-0.2, -0.15) is 0 Å². The molecular formula is C11H14BrFO. The Bertz CT molecular complexity index is 299. The van der Waals surface area contributed by atoms with Crippen molar-refractivity contribution in [1.82, 2.24) is 0 Å². The SMILES string of the molecule is CC(C)COc1cc(F)cc(CBr)c1. The molecule has 0 saturated heterocycles. The van der Waals surface area contributed by atoms with Gasteiger partial charge >= 0.3 is 0 Å².